The molecule has 1 heterocycles. The van der Waals surface area contributed by atoms with Gasteiger partial charge in [0.2, 0.25) is 0 Å². The second kappa shape index (κ2) is 5.94. The lowest BCUT2D eigenvalue weighted by Crippen LogP contribution is -2.64. The van der Waals surface area contributed by atoms with Gasteiger partial charge in [-0.25, -0.2) is 0 Å². The zero-order chi connectivity index (χ0) is 13.1. The highest BCUT2D eigenvalue weighted by Crippen LogP contribution is 2.53. The highest BCUT2D eigenvalue weighted by atomic mass is 32.1. The fourth-order valence-electron chi connectivity index (χ4n) is 3.99. The van der Waals surface area contributed by atoms with Gasteiger partial charge in [-0.15, -0.1) is 11.3 Å². The summed E-state index contributed by atoms with van der Waals surface area (Å²) in [7, 11) is 0. The molecule has 3 rings (SSSR count). The van der Waals surface area contributed by atoms with Crippen molar-refractivity contribution in [1.29, 1.82) is 0 Å². The van der Waals surface area contributed by atoms with Crippen molar-refractivity contribution in [3.63, 3.8) is 0 Å². The normalized spacial score (nSPS) is 29.3. The summed E-state index contributed by atoms with van der Waals surface area (Å²) in [6.45, 7) is 4.02. The summed E-state index contributed by atoms with van der Waals surface area (Å²) in [5.41, 5.74) is 0.450. The molecule has 2 aliphatic carbocycles. The van der Waals surface area contributed by atoms with Crippen LogP contribution in [-0.4, -0.2) is 18.8 Å². The maximum Gasteiger partial charge on any atom is 0.0661 e. The average molecular weight is 279 g/mol. The Morgan fingerprint density at radius 2 is 2.21 bits per heavy atom. The summed E-state index contributed by atoms with van der Waals surface area (Å²) in [6, 6.07) is 5.04. The summed E-state index contributed by atoms with van der Waals surface area (Å²) >= 11 is 1.85. The predicted molar refractivity (Wildman–Crippen MR) is 80.5 cm³/mol. The second-order valence-corrected chi connectivity index (χ2v) is 7.02. The van der Waals surface area contributed by atoms with Crippen molar-refractivity contribution >= 4 is 11.3 Å². The molecule has 2 saturated carbocycles. The molecule has 19 heavy (non-hydrogen) atoms. The molecule has 0 amide bonds. The Bertz CT molecular complexity index is 383. The highest BCUT2D eigenvalue weighted by molar-refractivity contribution is 7.09. The fraction of sp³-hybridized carbons (Fsp3) is 0.750. The number of hydrogen-bond acceptors (Lipinski definition) is 3. The van der Waals surface area contributed by atoms with Gasteiger partial charge in [0, 0.05) is 29.5 Å². The van der Waals surface area contributed by atoms with Crippen LogP contribution in [0.15, 0.2) is 17.5 Å². The molecule has 2 fully saturated rings. The van der Waals surface area contributed by atoms with Crippen LogP contribution in [0.1, 0.15) is 50.3 Å². The van der Waals surface area contributed by atoms with E-state index in [0.717, 1.165) is 13.2 Å². The van der Waals surface area contributed by atoms with Crippen LogP contribution in [0.4, 0.5) is 0 Å². The van der Waals surface area contributed by atoms with Gasteiger partial charge in [0.1, 0.15) is 0 Å². The maximum absolute atomic E-state index is 6.00. The Hall–Kier alpha value is -0.380. The van der Waals surface area contributed by atoms with Crippen LogP contribution >= 0.6 is 11.3 Å². The number of hydrogen-bond donors (Lipinski definition) is 1. The maximum atomic E-state index is 6.00. The van der Waals surface area contributed by atoms with Crippen LogP contribution in [0.2, 0.25) is 0 Å². The molecule has 2 unspecified atom stereocenters. The molecule has 0 saturated heterocycles. The highest BCUT2D eigenvalue weighted by Gasteiger charge is 2.55. The van der Waals surface area contributed by atoms with E-state index in [-0.39, 0.29) is 0 Å². The van der Waals surface area contributed by atoms with Crippen molar-refractivity contribution in [2.75, 3.05) is 6.61 Å². The Morgan fingerprint density at radius 1 is 1.37 bits per heavy atom. The van der Waals surface area contributed by atoms with E-state index in [0.29, 0.717) is 17.6 Å². The third kappa shape index (κ3) is 2.61. The van der Waals surface area contributed by atoms with Gasteiger partial charge in [0.15, 0.2) is 0 Å². The minimum Gasteiger partial charge on any atom is -0.378 e. The quantitative estimate of drug-likeness (QED) is 0.880. The van der Waals surface area contributed by atoms with E-state index in [1.165, 1.54) is 43.4 Å². The van der Waals surface area contributed by atoms with E-state index in [4.69, 9.17) is 4.74 Å². The van der Waals surface area contributed by atoms with E-state index in [2.05, 4.69) is 29.8 Å². The molecule has 1 N–H and O–H groups in total. The Labute approximate surface area is 120 Å². The molecule has 0 aromatic carbocycles. The van der Waals surface area contributed by atoms with E-state index in [1.807, 2.05) is 11.3 Å². The largest absolute Gasteiger partial charge is 0.378 e. The topological polar surface area (TPSA) is 21.3 Å². The van der Waals surface area contributed by atoms with Crippen LogP contribution in [0.25, 0.3) is 0 Å². The summed E-state index contributed by atoms with van der Waals surface area (Å²) in [5.74, 6) is 0. The van der Waals surface area contributed by atoms with E-state index in [1.54, 1.807) is 0 Å². The van der Waals surface area contributed by atoms with Gasteiger partial charge >= 0.3 is 0 Å². The first kappa shape index (κ1) is 13.6. The van der Waals surface area contributed by atoms with E-state index in [9.17, 15) is 0 Å². The lowest BCUT2D eigenvalue weighted by atomic mass is 9.55. The third-order valence-electron chi connectivity index (χ3n) is 5.04. The van der Waals surface area contributed by atoms with E-state index < -0.39 is 0 Å². The Kier molecular flexibility index (Phi) is 4.25. The molecule has 106 valence electrons. The smallest absolute Gasteiger partial charge is 0.0661 e. The molecular formula is C16H25NOS. The molecule has 1 aromatic rings. The van der Waals surface area contributed by atoms with Crippen molar-refractivity contribution in [2.24, 2.45) is 5.41 Å². The van der Waals surface area contributed by atoms with Gasteiger partial charge in [-0.3, -0.25) is 0 Å². The van der Waals surface area contributed by atoms with Gasteiger partial charge in [0.25, 0.3) is 0 Å². The number of nitrogens with one attached hydrogen (secondary N) is 1. The van der Waals surface area contributed by atoms with Crippen LogP contribution in [0.3, 0.4) is 0 Å². The number of thiophene rings is 1. The lowest BCUT2D eigenvalue weighted by molar-refractivity contribution is -0.150. The number of rotatable bonds is 5. The first-order valence-corrected chi connectivity index (χ1v) is 8.60. The summed E-state index contributed by atoms with van der Waals surface area (Å²) in [5, 5.41) is 5.96. The van der Waals surface area contributed by atoms with Crippen LogP contribution in [0, 0.1) is 5.41 Å². The zero-order valence-electron chi connectivity index (χ0n) is 11.9. The van der Waals surface area contributed by atoms with Crippen LogP contribution in [-0.2, 0) is 11.3 Å². The van der Waals surface area contributed by atoms with E-state index >= 15 is 0 Å². The molecule has 2 atom stereocenters. The summed E-state index contributed by atoms with van der Waals surface area (Å²) in [4.78, 5) is 1.45. The standard InChI is InChI=1S/C16H25NOS/c1-2-18-15-11-14(16(15)8-4-3-5-9-16)17-12-13-7-6-10-19-13/h6-7,10,14-15,17H,2-5,8-9,11-12H2,1H3. The minimum atomic E-state index is 0.450. The monoisotopic (exact) mass is 279 g/mol. The molecular weight excluding hydrogens is 254 g/mol. The molecule has 1 aromatic heterocycles. The van der Waals surface area contributed by atoms with Gasteiger partial charge in [-0.05, 0) is 37.6 Å². The Morgan fingerprint density at radius 3 is 2.89 bits per heavy atom. The van der Waals surface area contributed by atoms with Crippen molar-refractivity contribution in [1.82, 2.24) is 5.32 Å². The molecule has 0 radical (unpaired) electrons. The van der Waals surface area contributed by atoms with Crippen molar-refractivity contribution < 1.29 is 4.74 Å². The lowest BCUT2D eigenvalue weighted by Gasteiger charge is -2.58. The molecule has 2 aliphatic rings. The van der Waals surface area contributed by atoms with Crippen molar-refractivity contribution in [3.8, 4) is 0 Å². The third-order valence-corrected chi connectivity index (χ3v) is 5.92. The first-order valence-electron chi connectivity index (χ1n) is 7.72. The molecule has 0 aliphatic heterocycles. The second-order valence-electron chi connectivity index (χ2n) is 5.99. The van der Waals surface area contributed by atoms with Crippen LogP contribution < -0.4 is 5.32 Å². The van der Waals surface area contributed by atoms with Gasteiger partial charge in [0.05, 0.1) is 6.10 Å². The molecule has 0 bridgehead atoms. The minimum absolute atomic E-state index is 0.450. The van der Waals surface area contributed by atoms with Gasteiger partial charge < -0.3 is 10.1 Å². The Balaban J connectivity index is 1.61. The van der Waals surface area contributed by atoms with Crippen molar-refractivity contribution in [3.05, 3.63) is 22.4 Å². The molecule has 3 heteroatoms. The zero-order valence-corrected chi connectivity index (χ0v) is 12.7. The molecule has 2 nitrogen and oxygen atoms in total. The summed E-state index contributed by atoms with van der Waals surface area (Å²) in [6.07, 6.45) is 8.64. The first-order chi connectivity index (χ1) is 9.35. The molecule has 1 spiro atoms. The average Bonchev–Trinajstić information content (AvgIpc) is 2.96. The summed E-state index contributed by atoms with van der Waals surface area (Å²) < 4.78 is 6.00. The van der Waals surface area contributed by atoms with Gasteiger partial charge in [-0.1, -0.05) is 25.3 Å². The number of ether oxygens (including phenoxy) is 1. The SMILES string of the molecule is CCOC1CC(NCc2cccs2)C12CCCCC2. The van der Waals surface area contributed by atoms with Crippen molar-refractivity contribution in [2.45, 2.75) is 64.1 Å². The van der Waals surface area contributed by atoms with Gasteiger partial charge in [-0.2, -0.15) is 0 Å². The fourth-order valence-corrected chi connectivity index (χ4v) is 4.64. The predicted octanol–water partition coefficient (Wildman–Crippen LogP) is 3.97. The van der Waals surface area contributed by atoms with Crippen LogP contribution in [0.5, 0.6) is 0 Å².